The van der Waals surface area contributed by atoms with Gasteiger partial charge < -0.3 is 24.8 Å². The highest BCUT2D eigenvalue weighted by Gasteiger charge is 2.09. The smallest absolute Gasteiger partial charge is 0.229 e. The van der Waals surface area contributed by atoms with Crippen molar-refractivity contribution < 1.29 is 14.2 Å². The van der Waals surface area contributed by atoms with E-state index in [1.54, 1.807) is 21.3 Å². The normalized spacial score (nSPS) is 10.3. The summed E-state index contributed by atoms with van der Waals surface area (Å²) in [5.74, 6) is 3.17. The first-order chi connectivity index (χ1) is 13.5. The first kappa shape index (κ1) is 19.3. The van der Waals surface area contributed by atoms with Crippen molar-refractivity contribution in [1.29, 1.82) is 0 Å². The minimum atomic E-state index is 0.473. The Morgan fingerprint density at radius 3 is 2.14 bits per heavy atom. The molecule has 0 fully saturated rings. The van der Waals surface area contributed by atoms with Gasteiger partial charge in [0.1, 0.15) is 11.6 Å². The number of hydrogen-bond acceptors (Lipinski definition) is 7. The highest BCUT2D eigenvalue weighted by atomic mass is 16.5. The minimum Gasteiger partial charge on any atom is -0.495 e. The van der Waals surface area contributed by atoms with Gasteiger partial charge >= 0.3 is 0 Å². The summed E-state index contributed by atoms with van der Waals surface area (Å²) in [6.45, 7) is 3.94. The molecule has 0 unspecified atom stereocenters. The predicted octanol–water partition coefficient (Wildman–Crippen LogP) is 4.61. The Morgan fingerprint density at radius 1 is 0.714 bits per heavy atom. The van der Waals surface area contributed by atoms with E-state index in [1.165, 1.54) is 0 Å². The quantitative estimate of drug-likeness (QED) is 0.620. The number of anilines is 4. The maximum Gasteiger partial charge on any atom is 0.229 e. The fourth-order valence-corrected chi connectivity index (χ4v) is 2.79. The molecule has 1 heterocycles. The lowest BCUT2D eigenvalue weighted by Crippen LogP contribution is -2.03. The van der Waals surface area contributed by atoms with E-state index in [4.69, 9.17) is 14.2 Å². The van der Waals surface area contributed by atoms with Gasteiger partial charge in [0.15, 0.2) is 11.5 Å². The Kier molecular flexibility index (Phi) is 5.84. The van der Waals surface area contributed by atoms with Crippen LogP contribution < -0.4 is 24.8 Å². The van der Waals surface area contributed by atoms with Crippen LogP contribution in [0, 0.1) is 13.8 Å². The molecule has 28 heavy (non-hydrogen) atoms. The molecule has 0 amide bonds. The van der Waals surface area contributed by atoms with Crippen LogP contribution in [0.5, 0.6) is 17.2 Å². The second-order valence-electron chi connectivity index (χ2n) is 6.24. The van der Waals surface area contributed by atoms with E-state index in [2.05, 4.69) is 20.6 Å². The summed E-state index contributed by atoms with van der Waals surface area (Å²) in [5, 5.41) is 6.52. The average molecular weight is 380 g/mol. The summed E-state index contributed by atoms with van der Waals surface area (Å²) in [7, 11) is 4.85. The Morgan fingerprint density at radius 2 is 1.43 bits per heavy atom. The van der Waals surface area contributed by atoms with Crippen LogP contribution in [-0.4, -0.2) is 31.3 Å². The molecule has 0 aliphatic rings. The zero-order chi connectivity index (χ0) is 20.1. The zero-order valence-electron chi connectivity index (χ0n) is 16.7. The maximum absolute atomic E-state index is 5.43. The number of nitrogens with zero attached hydrogens (tertiary/aromatic N) is 2. The number of methoxy groups -OCH3 is 3. The SMILES string of the molecule is COc1ccc(C)cc1Nc1cc(C)nc(Nc2ccc(OC)c(OC)c2)n1. The number of rotatable bonds is 7. The van der Waals surface area contributed by atoms with E-state index >= 15 is 0 Å². The van der Waals surface area contributed by atoms with Gasteiger partial charge in [-0.15, -0.1) is 0 Å². The number of hydrogen-bond donors (Lipinski definition) is 2. The molecular formula is C21H24N4O3. The zero-order valence-corrected chi connectivity index (χ0v) is 16.7. The molecule has 3 rings (SSSR count). The van der Waals surface area contributed by atoms with Gasteiger partial charge in [-0.05, 0) is 43.7 Å². The first-order valence-electron chi connectivity index (χ1n) is 8.78. The molecule has 7 heteroatoms. The molecule has 0 aliphatic heterocycles. The van der Waals surface area contributed by atoms with Crippen LogP contribution in [0.2, 0.25) is 0 Å². The first-order valence-corrected chi connectivity index (χ1v) is 8.78. The van der Waals surface area contributed by atoms with Gasteiger partial charge in [-0.1, -0.05) is 6.07 Å². The summed E-state index contributed by atoms with van der Waals surface area (Å²) in [4.78, 5) is 9.03. The maximum atomic E-state index is 5.43. The number of ether oxygens (including phenoxy) is 3. The van der Waals surface area contributed by atoms with Crippen LogP contribution in [0.25, 0.3) is 0 Å². The molecule has 0 atom stereocenters. The molecule has 7 nitrogen and oxygen atoms in total. The molecule has 2 aromatic carbocycles. The van der Waals surface area contributed by atoms with E-state index in [9.17, 15) is 0 Å². The molecule has 2 N–H and O–H groups in total. The van der Waals surface area contributed by atoms with Crippen molar-refractivity contribution in [3.05, 3.63) is 53.7 Å². The standard InChI is InChI=1S/C21H24N4O3/c1-13-6-8-17(26-3)16(10-13)24-20-11-14(2)22-21(25-20)23-15-7-9-18(27-4)19(12-15)28-5/h6-12H,1-5H3,(H2,22,23,24,25). The minimum absolute atomic E-state index is 0.473. The Hall–Kier alpha value is -3.48. The van der Waals surface area contributed by atoms with Crippen LogP contribution in [0.4, 0.5) is 23.1 Å². The number of aryl methyl sites for hydroxylation is 2. The van der Waals surface area contributed by atoms with E-state index in [0.717, 1.165) is 28.4 Å². The molecular weight excluding hydrogens is 356 g/mol. The lowest BCUT2D eigenvalue weighted by molar-refractivity contribution is 0.355. The van der Waals surface area contributed by atoms with Gasteiger partial charge in [0, 0.05) is 23.5 Å². The van der Waals surface area contributed by atoms with Crippen LogP contribution >= 0.6 is 0 Å². The fourth-order valence-electron chi connectivity index (χ4n) is 2.79. The third-order valence-electron chi connectivity index (χ3n) is 4.11. The summed E-state index contributed by atoms with van der Waals surface area (Å²) in [6, 6.07) is 13.4. The monoisotopic (exact) mass is 380 g/mol. The summed E-state index contributed by atoms with van der Waals surface area (Å²) >= 11 is 0. The van der Waals surface area contributed by atoms with Crippen molar-refractivity contribution in [2.24, 2.45) is 0 Å². The van der Waals surface area contributed by atoms with Crippen LogP contribution in [0.3, 0.4) is 0 Å². The van der Waals surface area contributed by atoms with Crippen molar-refractivity contribution >= 4 is 23.1 Å². The highest BCUT2D eigenvalue weighted by Crippen LogP contribution is 2.31. The fraction of sp³-hybridized carbons (Fsp3) is 0.238. The lowest BCUT2D eigenvalue weighted by Gasteiger charge is -2.14. The number of nitrogens with one attached hydrogen (secondary N) is 2. The van der Waals surface area contributed by atoms with E-state index in [-0.39, 0.29) is 0 Å². The van der Waals surface area contributed by atoms with Gasteiger partial charge in [-0.2, -0.15) is 4.98 Å². The van der Waals surface area contributed by atoms with Crippen molar-refractivity contribution in [2.75, 3.05) is 32.0 Å². The largest absolute Gasteiger partial charge is 0.495 e. The van der Waals surface area contributed by atoms with Gasteiger partial charge in [0.05, 0.1) is 27.0 Å². The second kappa shape index (κ2) is 8.47. The third-order valence-corrected chi connectivity index (χ3v) is 4.11. The number of benzene rings is 2. The molecule has 0 saturated heterocycles. The molecule has 0 saturated carbocycles. The molecule has 3 aromatic rings. The number of aromatic nitrogens is 2. The average Bonchev–Trinajstić information content (AvgIpc) is 2.67. The highest BCUT2D eigenvalue weighted by molar-refractivity contribution is 5.67. The Balaban J connectivity index is 1.87. The molecule has 0 radical (unpaired) electrons. The van der Waals surface area contributed by atoms with Gasteiger partial charge in [0.2, 0.25) is 5.95 Å². The van der Waals surface area contributed by atoms with Crippen molar-refractivity contribution in [2.45, 2.75) is 13.8 Å². The molecule has 1 aromatic heterocycles. The van der Waals surface area contributed by atoms with Gasteiger partial charge in [0.25, 0.3) is 0 Å². The topological polar surface area (TPSA) is 77.5 Å². The summed E-state index contributed by atoms with van der Waals surface area (Å²) in [6.07, 6.45) is 0. The third kappa shape index (κ3) is 4.43. The van der Waals surface area contributed by atoms with Crippen molar-refractivity contribution in [3.8, 4) is 17.2 Å². The lowest BCUT2D eigenvalue weighted by atomic mass is 10.2. The van der Waals surface area contributed by atoms with Crippen LogP contribution in [0.15, 0.2) is 42.5 Å². The van der Waals surface area contributed by atoms with E-state index in [0.29, 0.717) is 23.3 Å². The molecule has 0 spiro atoms. The Bertz CT molecular complexity index is 976. The predicted molar refractivity (Wildman–Crippen MR) is 111 cm³/mol. The van der Waals surface area contributed by atoms with E-state index in [1.807, 2.05) is 56.3 Å². The second-order valence-corrected chi connectivity index (χ2v) is 6.24. The van der Waals surface area contributed by atoms with E-state index < -0.39 is 0 Å². The molecule has 146 valence electrons. The van der Waals surface area contributed by atoms with Crippen LogP contribution in [-0.2, 0) is 0 Å². The van der Waals surface area contributed by atoms with Crippen LogP contribution in [0.1, 0.15) is 11.3 Å². The molecule has 0 aliphatic carbocycles. The molecule has 0 bridgehead atoms. The van der Waals surface area contributed by atoms with Gasteiger partial charge in [-0.25, -0.2) is 4.98 Å². The van der Waals surface area contributed by atoms with Crippen molar-refractivity contribution in [3.63, 3.8) is 0 Å². The summed E-state index contributed by atoms with van der Waals surface area (Å²) in [5.41, 5.74) is 3.59. The van der Waals surface area contributed by atoms with Gasteiger partial charge in [-0.3, -0.25) is 0 Å². The van der Waals surface area contributed by atoms with Crippen molar-refractivity contribution in [1.82, 2.24) is 9.97 Å². The summed E-state index contributed by atoms with van der Waals surface area (Å²) < 4.78 is 16.0. The Labute approximate surface area is 164 Å².